The Morgan fingerprint density at radius 1 is 1.57 bits per heavy atom. The van der Waals surface area contributed by atoms with Gasteiger partial charge in [0.05, 0.1) is 0 Å². The minimum atomic E-state index is -3.15. The van der Waals surface area contributed by atoms with Crippen molar-refractivity contribution in [3.05, 3.63) is 0 Å². The zero-order valence-corrected chi connectivity index (χ0v) is 10.0. The van der Waals surface area contributed by atoms with Gasteiger partial charge < -0.3 is 4.90 Å². The number of thioether (sulfide) groups is 1. The zero-order valence-electron chi connectivity index (χ0n) is 8.39. The molecule has 1 unspecified atom stereocenters. The van der Waals surface area contributed by atoms with Gasteiger partial charge in [0.15, 0.2) is 9.84 Å². The Hall–Kier alpha value is -0.230. The molecule has 0 saturated carbocycles. The molecule has 1 aliphatic rings. The maximum atomic E-state index is 11.5. The van der Waals surface area contributed by atoms with E-state index >= 15 is 0 Å². The molecule has 0 radical (unpaired) electrons. The van der Waals surface area contributed by atoms with Crippen molar-refractivity contribution < 1.29 is 13.2 Å². The molecular weight excluding hydrogens is 222 g/mol. The topological polar surface area (TPSA) is 54.5 Å². The second kappa shape index (κ2) is 4.53. The molecule has 0 aromatic heterocycles. The predicted molar refractivity (Wildman–Crippen MR) is 58.0 cm³/mol. The minimum Gasteiger partial charge on any atom is -0.324 e. The van der Waals surface area contributed by atoms with Crippen molar-refractivity contribution in [2.24, 2.45) is 0 Å². The summed E-state index contributed by atoms with van der Waals surface area (Å²) in [6.07, 6.45) is 1.57. The summed E-state index contributed by atoms with van der Waals surface area (Å²) in [5.41, 5.74) is 0. The molecule has 14 heavy (non-hydrogen) atoms. The van der Waals surface area contributed by atoms with Gasteiger partial charge in [-0.2, -0.15) is 11.8 Å². The van der Waals surface area contributed by atoms with Crippen LogP contribution in [-0.2, 0) is 14.6 Å². The molecule has 1 saturated heterocycles. The van der Waals surface area contributed by atoms with E-state index in [1.54, 1.807) is 18.7 Å². The maximum Gasteiger partial charge on any atom is 0.223 e. The van der Waals surface area contributed by atoms with Crippen LogP contribution < -0.4 is 0 Å². The minimum absolute atomic E-state index is 0.0688. The van der Waals surface area contributed by atoms with Crippen molar-refractivity contribution in [3.8, 4) is 0 Å². The van der Waals surface area contributed by atoms with Crippen LogP contribution in [0.4, 0.5) is 0 Å². The smallest absolute Gasteiger partial charge is 0.223 e. The van der Waals surface area contributed by atoms with Crippen molar-refractivity contribution in [2.45, 2.75) is 18.7 Å². The molecule has 1 fully saturated rings. The Bertz CT molecular complexity index is 313. The molecular formula is C8H15NO3S2. The third kappa shape index (κ3) is 2.63. The number of carbonyl (C=O) groups is 1. The molecule has 1 heterocycles. The van der Waals surface area contributed by atoms with Crippen LogP contribution in [0.15, 0.2) is 0 Å². The van der Waals surface area contributed by atoms with Crippen molar-refractivity contribution in [1.29, 1.82) is 0 Å². The third-order valence-electron chi connectivity index (χ3n) is 2.20. The second-order valence-electron chi connectivity index (χ2n) is 3.30. The lowest BCUT2D eigenvalue weighted by molar-refractivity contribution is -0.131. The van der Waals surface area contributed by atoms with E-state index in [0.717, 1.165) is 5.75 Å². The Morgan fingerprint density at radius 3 is 2.71 bits per heavy atom. The van der Waals surface area contributed by atoms with Gasteiger partial charge in [-0.15, -0.1) is 0 Å². The molecule has 4 nitrogen and oxygen atoms in total. The van der Waals surface area contributed by atoms with Gasteiger partial charge in [-0.25, -0.2) is 8.42 Å². The monoisotopic (exact) mass is 237 g/mol. The summed E-state index contributed by atoms with van der Waals surface area (Å²) in [6.45, 7) is 2.30. The van der Waals surface area contributed by atoms with E-state index < -0.39 is 15.2 Å². The summed E-state index contributed by atoms with van der Waals surface area (Å²) in [5.74, 6) is 1.27. The molecule has 1 amide bonds. The summed E-state index contributed by atoms with van der Waals surface area (Å²) >= 11 is 1.59. The lowest BCUT2D eigenvalue weighted by Crippen LogP contribution is -2.49. The first-order chi connectivity index (χ1) is 6.46. The van der Waals surface area contributed by atoms with Crippen molar-refractivity contribution in [3.63, 3.8) is 0 Å². The summed E-state index contributed by atoms with van der Waals surface area (Å²) in [5, 5.41) is -0.617. The Morgan fingerprint density at radius 2 is 2.21 bits per heavy atom. The number of sulfone groups is 1. The van der Waals surface area contributed by atoms with Crippen LogP contribution in [0.2, 0.25) is 0 Å². The molecule has 6 heteroatoms. The number of carbonyl (C=O) groups excluding carboxylic acids is 1. The van der Waals surface area contributed by atoms with E-state index in [0.29, 0.717) is 18.7 Å². The third-order valence-corrected chi connectivity index (χ3v) is 4.84. The van der Waals surface area contributed by atoms with Gasteiger partial charge in [-0.3, -0.25) is 4.79 Å². The first-order valence-electron chi connectivity index (χ1n) is 4.53. The van der Waals surface area contributed by atoms with Gasteiger partial charge >= 0.3 is 0 Å². The lowest BCUT2D eigenvalue weighted by Gasteiger charge is -2.33. The average Bonchev–Trinajstić information content (AvgIpc) is 2.15. The highest BCUT2D eigenvalue weighted by Crippen LogP contribution is 2.20. The van der Waals surface area contributed by atoms with Crippen LogP contribution in [-0.4, -0.2) is 48.9 Å². The molecule has 0 aromatic carbocycles. The summed E-state index contributed by atoms with van der Waals surface area (Å²) in [6, 6.07) is 0. The quantitative estimate of drug-likeness (QED) is 0.695. The first-order valence-corrected chi connectivity index (χ1v) is 7.63. The average molecular weight is 237 g/mol. The second-order valence-corrected chi connectivity index (χ2v) is 6.65. The van der Waals surface area contributed by atoms with Crippen LogP contribution in [0, 0.1) is 0 Å². The number of rotatable bonds is 2. The fourth-order valence-electron chi connectivity index (χ4n) is 1.42. The highest BCUT2D eigenvalue weighted by Gasteiger charge is 2.33. The van der Waals surface area contributed by atoms with Crippen LogP contribution >= 0.6 is 11.8 Å². The van der Waals surface area contributed by atoms with Gasteiger partial charge in [-0.05, 0) is 0 Å². The van der Waals surface area contributed by atoms with E-state index in [9.17, 15) is 13.2 Å². The van der Waals surface area contributed by atoms with Gasteiger partial charge in [0.2, 0.25) is 5.91 Å². The maximum absolute atomic E-state index is 11.5. The summed E-state index contributed by atoms with van der Waals surface area (Å²) < 4.78 is 22.8. The molecule has 1 rings (SSSR count). The standard InChI is InChI=1S/C8H15NO3S2/c1-3-7(10)9-4-5-13-6-8(9)14(2,11)12/h8H,3-6H2,1-2H3. The molecule has 1 atom stereocenters. The highest BCUT2D eigenvalue weighted by molar-refractivity contribution is 8.00. The number of hydrogen-bond acceptors (Lipinski definition) is 4. The Kier molecular flexibility index (Phi) is 3.83. The summed E-state index contributed by atoms with van der Waals surface area (Å²) in [7, 11) is -3.15. The first kappa shape index (κ1) is 11.8. The lowest BCUT2D eigenvalue weighted by atomic mass is 10.4. The number of amides is 1. The predicted octanol–water partition coefficient (Wildman–Crippen LogP) is 0.343. The van der Waals surface area contributed by atoms with Crippen LogP contribution in [0.5, 0.6) is 0 Å². The van der Waals surface area contributed by atoms with Crippen molar-refractivity contribution in [2.75, 3.05) is 24.3 Å². The molecule has 0 spiro atoms. The van der Waals surface area contributed by atoms with Crippen LogP contribution in [0.1, 0.15) is 13.3 Å². The largest absolute Gasteiger partial charge is 0.324 e. The van der Waals surface area contributed by atoms with E-state index in [1.165, 1.54) is 11.2 Å². The van der Waals surface area contributed by atoms with Crippen LogP contribution in [0.3, 0.4) is 0 Å². The van der Waals surface area contributed by atoms with Gasteiger partial charge in [0.1, 0.15) is 5.37 Å². The van der Waals surface area contributed by atoms with Gasteiger partial charge in [-0.1, -0.05) is 6.92 Å². The molecule has 82 valence electrons. The fourth-order valence-corrected chi connectivity index (χ4v) is 4.26. The van der Waals surface area contributed by atoms with E-state index in [2.05, 4.69) is 0 Å². The molecule has 0 aliphatic carbocycles. The molecule has 1 aliphatic heterocycles. The van der Waals surface area contributed by atoms with Gasteiger partial charge in [0.25, 0.3) is 0 Å². The molecule has 0 bridgehead atoms. The molecule has 0 aromatic rings. The van der Waals surface area contributed by atoms with Crippen molar-refractivity contribution in [1.82, 2.24) is 4.90 Å². The Balaban J connectivity index is 2.85. The van der Waals surface area contributed by atoms with Crippen LogP contribution in [0.25, 0.3) is 0 Å². The fraction of sp³-hybridized carbons (Fsp3) is 0.875. The number of nitrogens with zero attached hydrogens (tertiary/aromatic N) is 1. The Labute approximate surface area is 89.0 Å². The molecule has 0 N–H and O–H groups in total. The van der Waals surface area contributed by atoms with E-state index in [1.807, 2.05) is 0 Å². The van der Waals surface area contributed by atoms with Crippen molar-refractivity contribution >= 4 is 27.5 Å². The summed E-state index contributed by atoms with van der Waals surface area (Å²) in [4.78, 5) is 13.0. The number of hydrogen-bond donors (Lipinski definition) is 0. The van der Waals surface area contributed by atoms with E-state index in [-0.39, 0.29) is 5.91 Å². The normalized spacial score (nSPS) is 23.6. The highest BCUT2D eigenvalue weighted by atomic mass is 32.2. The van der Waals surface area contributed by atoms with Gasteiger partial charge in [0, 0.05) is 30.7 Å². The SMILES string of the molecule is CCC(=O)N1CCSCC1S(C)(=O)=O. The zero-order chi connectivity index (χ0) is 10.8. The van der Waals surface area contributed by atoms with E-state index in [4.69, 9.17) is 0 Å².